The first-order valence-electron chi connectivity index (χ1n) is 6.02. The molecule has 0 aromatic rings. The van der Waals surface area contributed by atoms with E-state index in [2.05, 4.69) is 11.8 Å². The van der Waals surface area contributed by atoms with Crippen LogP contribution in [0.2, 0.25) is 0 Å². The number of nitrogens with zero attached hydrogens (tertiary/aromatic N) is 1. The topological polar surface area (TPSA) is 29.5 Å². The largest absolute Gasteiger partial charge is 0.383 e. The molecule has 1 rings (SSSR count). The molecule has 0 saturated heterocycles. The summed E-state index contributed by atoms with van der Waals surface area (Å²) in [5.74, 6) is 0.784. The van der Waals surface area contributed by atoms with Crippen LogP contribution < -0.4 is 0 Å². The second-order valence-electron chi connectivity index (χ2n) is 4.31. The van der Waals surface area contributed by atoms with Crippen LogP contribution in [-0.2, 0) is 9.53 Å². The molecule has 0 bridgehead atoms. The zero-order valence-corrected chi connectivity index (χ0v) is 10.00. The minimum Gasteiger partial charge on any atom is -0.383 e. The summed E-state index contributed by atoms with van der Waals surface area (Å²) in [7, 11) is 1.70. The van der Waals surface area contributed by atoms with Gasteiger partial charge in [-0.25, -0.2) is 0 Å². The zero-order chi connectivity index (χ0) is 11.1. The molecular weight excluding hydrogens is 190 g/mol. The molecule has 1 fully saturated rings. The molecule has 1 aliphatic carbocycles. The second-order valence-corrected chi connectivity index (χ2v) is 4.31. The van der Waals surface area contributed by atoms with E-state index in [1.54, 1.807) is 7.11 Å². The van der Waals surface area contributed by atoms with Gasteiger partial charge in [0.15, 0.2) is 0 Å². The van der Waals surface area contributed by atoms with Crippen LogP contribution >= 0.6 is 0 Å². The van der Waals surface area contributed by atoms with E-state index in [0.717, 1.165) is 25.9 Å². The molecule has 0 radical (unpaired) electrons. The monoisotopic (exact) mass is 213 g/mol. The second kappa shape index (κ2) is 6.96. The molecule has 0 aromatic carbocycles. The number of carbonyl (C=O) groups is 1. The number of hydrogen-bond donors (Lipinski definition) is 0. The highest BCUT2D eigenvalue weighted by molar-refractivity contribution is 5.83. The molecule has 88 valence electrons. The van der Waals surface area contributed by atoms with Crippen molar-refractivity contribution in [1.82, 2.24) is 4.90 Å². The first kappa shape index (κ1) is 12.7. The average Bonchev–Trinajstić information content (AvgIpc) is 2.77. The molecule has 1 aliphatic rings. The number of rotatable bonds is 7. The van der Waals surface area contributed by atoms with Crippen LogP contribution in [0.25, 0.3) is 0 Å². The van der Waals surface area contributed by atoms with Crippen LogP contribution in [0.5, 0.6) is 0 Å². The Kier molecular flexibility index (Phi) is 5.88. The standard InChI is InChI=1S/C12H23NO2/c1-3-13(8-9-15-2)10-12(14)11-6-4-5-7-11/h11H,3-10H2,1-2H3. The first-order valence-corrected chi connectivity index (χ1v) is 6.02. The molecule has 1 saturated carbocycles. The normalized spacial score (nSPS) is 17.5. The lowest BCUT2D eigenvalue weighted by molar-refractivity contribution is -0.123. The summed E-state index contributed by atoms with van der Waals surface area (Å²) >= 11 is 0. The molecule has 0 atom stereocenters. The van der Waals surface area contributed by atoms with Gasteiger partial charge in [0.1, 0.15) is 5.78 Å². The summed E-state index contributed by atoms with van der Waals surface area (Å²) in [5, 5.41) is 0. The van der Waals surface area contributed by atoms with Crippen LogP contribution in [0.15, 0.2) is 0 Å². The highest BCUT2D eigenvalue weighted by Crippen LogP contribution is 2.25. The van der Waals surface area contributed by atoms with Gasteiger partial charge in [0.2, 0.25) is 0 Å². The Bertz CT molecular complexity index is 188. The lowest BCUT2D eigenvalue weighted by atomic mass is 10.0. The molecule has 3 heteroatoms. The molecule has 0 heterocycles. The van der Waals surface area contributed by atoms with E-state index in [1.165, 1.54) is 12.8 Å². The Morgan fingerprint density at radius 3 is 2.60 bits per heavy atom. The summed E-state index contributed by atoms with van der Waals surface area (Å²) in [5.41, 5.74) is 0. The van der Waals surface area contributed by atoms with Crippen LogP contribution in [0.4, 0.5) is 0 Å². The fourth-order valence-electron chi connectivity index (χ4n) is 2.17. The van der Waals surface area contributed by atoms with E-state index in [9.17, 15) is 4.79 Å². The van der Waals surface area contributed by atoms with Crippen molar-refractivity contribution in [1.29, 1.82) is 0 Å². The first-order chi connectivity index (χ1) is 7.27. The van der Waals surface area contributed by atoms with Gasteiger partial charge in [-0.15, -0.1) is 0 Å². The number of Topliss-reactive ketones (excluding diaryl/α,β-unsaturated/α-hetero) is 1. The van der Waals surface area contributed by atoms with Gasteiger partial charge >= 0.3 is 0 Å². The van der Waals surface area contributed by atoms with Crippen molar-refractivity contribution in [2.24, 2.45) is 5.92 Å². The van der Waals surface area contributed by atoms with Crippen LogP contribution in [-0.4, -0.2) is 44.0 Å². The van der Waals surface area contributed by atoms with Crippen molar-refractivity contribution in [2.75, 3.05) is 33.4 Å². The van der Waals surface area contributed by atoms with E-state index in [4.69, 9.17) is 4.74 Å². The van der Waals surface area contributed by atoms with Gasteiger partial charge in [0.25, 0.3) is 0 Å². The Labute approximate surface area is 92.8 Å². The van der Waals surface area contributed by atoms with Gasteiger partial charge in [-0.1, -0.05) is 19.8 Å². The van der Waals surface area contributed by atoms with Crippen molar-refractivity contribution < 1.29 is 9.53 Å². The summed E-state index contributed by atoms with van der Waals surface area (Å²) in [4.78, 5) is 14.1. The predicted molar refractivity (Wildman–Crippen MR) is 61.0 cm³/mol. The summed E-state index contributed by atoms with van der Waals surface area (Å²) in [6, 6.07) is 0. The maximum absolute atomic E-state index is 11.9. The van der Waals surface area contributed by atoms with Crippen molar-refractivity contribution in [2.45, 2.75) is 32.6 Å². The number of ketones is 1. The van der Waals surface area contributed by atoms with Crippen LogP contribution in [0.3, 0.4) is 0 Å². The molecule has 3 nitrogen and oxygen atoms in total. The van der Waals surface area contributed by atoms with E-state index >= 15 is 0 Å². The van der Waals surface area contributed by atoms with Crippen molar-refractivity contribution >= 4 is 5.78 Å². The van der Waals surface area contributed by atoms with Crippen LogP contribution in [0, 0.1) is 5.92 Å². The highest BCUT2D eigenvalue weighted by atomic mass is 16.5. The maximum atomic E-state index is 11.9. The molecule has 0 aliphatic heterocycles. The lowest BCUT2D eigenvalue weighted by Crippen LogP contribution is -2.34. The van der Waals surface area contributed by atoms with Gasteiger partial charge in [-0.3, -0.25) is 9.69 Å². The fourth-order valence-corrected chi connectivity index (χ4v) is 2.17. The number of hydrogen-bond acceptors (Lipinski definition) is 3. The molecular formula is C12H23NO2. The Morgan fingerprint density at radius 2 is 2.07 bits per heavy atom. The van der Waals surface area contributed by atoms with Gasteiger partial charge < -0.3 is 4.74 Å². The van der Waals surface area contributed by atoms with Crippen molar-refractivity contribution in [3.05, 3.63) is 0 Å². The predicted octanol–water partition coefficient (Wildman–Crippen LogP) is 1.71. The van der Waals surface area contributed by atoms with E-state index < -0.39 is 0 Å². The Balaban J connectivity index is 2.26. The molecule has 15 heavy (non-hydrogen) atoms. The number of methoxy groups -OCH3 is 1. The molecule has 0 spiro atoms. The van der Waals surface area contributed by atoms with Gasteiger partial charge in [-0.05, 0) is 19.4 Å². The third kappa shape index (κ3) is 4.31. The average molecular weight is 213 g/mol. The quantitative estimate of drug-likeness (QED) is 0.645. The van der Waals surface area contributed by atoms with E-state index in [-0.39, 0.29) is 0 Å². The third-order valence-electron chi connectivity index (χ3n) is 3.25. The molecule has 0 unspecified atom stereocenters. The van der Waals surface area contributed by atoms with Crippen molar-refractivity contribution in [3.63, 3.8) is 0 Å². The number of ether oxygens (including phenoxy) is 1. The summed E-state index contributed by atoms with van der Waals surface area (Å²) < 4.78 is 5.03. The number of carbonyl (C=O) groups excluding carboxylic acids is 1. The molecule has 0 N–H and O–H groups in total. The van der Waals surface area contributed by atoms with Gasteiger partial charge in [0, 0.05) is 19.6 Å². The van der Waals surface area contributed by atoms with Crippen LogP contribution in [0.1, 0.15) is 32.6 Å². The van der Waals surface area contributed by atoms with E-state index in [1.807, 2.05) is 0 Å². The summed E-state index contributed by atoms with van der Waals surface area (Å²) in [6.07, 6.45) is 4.70. The third-order valence-corrected chi connectivity index (χ3v) is 3.25. The molecule has 0 aromatic heterocycles. The summed E-state index contributed by atoms with van der Waals surface area (Å²) in [6.45, 7) is 5.22. The lowest BCUT2D eigenvalue weighted by Gasteiger charge is -2.20. The molecule has 0 amide bonds. The highest BCUT2D eigenvalue weighted by Gasteiger charge is 2.23. The Morgan fingerprint density at radius 1 is 1.40 bits per heavy atom. The maximum Gasteiger partial charge on any atom is 0.149 e. The van der Waals surface area contributed by atoms with Crippen molar-refractivity contribution in [3.8, 4) is 0 Å². The minimum absolute atomic E-state index is 0.349. The number of likely N-dealkylation sites (N-methyl/N-ethyl adjacent to an activating group) is 1. The van der Waals surface area contributed by atoms with Gasteiger partial charge in [0.05, 0.1) is 13.2 Å². The zero-order valence-electron chi connectivity index (χ0n) is 10.00. The Hall–Kier alpha value is -0.410. The van der Waals surface area contributed by atoms with Gasteiger partial charge in [-0.2, -0.15) is 0 Å². The smallest absolute Gasteiger partial charge is 0.149 e. The fraction of sp³-hybridized carbons (Fsp3) is 0.917. The van der Waals surface area contributed by atoms with E-state index in [0.29, 0.717) is 24.9 Å². The minimum atomic E-state index is 0.349. The SMILES string of the molecule is CCN(CCOC)CC(=O)C1CCCC1.